The van der Waals surface area contributed by atoms with Crippen LogP contribution in [0.1, 0.15) is 72.6 Å². The van der Waals surface area contributed by atoms with Gasteiger partial charge in [0.05, 0.1) is 0 Å². The Bertz CT molecular complexity index is 279. The smallest absolute Gasteiger partial charge is 0.0254 e. The summed E-state index contributed by atoms with van der Waals surface area (Å²) in [6.07, 6.45) is 9.88. The summed E-state index contributed by atoms with van der Waals surface area (Å²) in [5.41, 5.74) is 0. The number of nitrogens with one attached hydrogen (secondary N) is 1. The van der Waals surface area contributed by atoms with E-state index in [1.165, 1.54) is 51.5 Å². The lowest BCUT2D eigenvalue weighted by Crippen LogP contribution is -2.58. The van der Waals surface area contributed by atoms with E-state index in [4.69, 9.17) is 0 Å². The molecule has 1 aliphatic heterocycles. The standard InChI is InChI=1S/C18H36N2/c1-5-7-16-10-11-17(19-6-2)18(12-16)20-13-14(3)8-9-15(20)4/h14-19H,5-13H2,1-4H3. The van der Waals surface area contributed by atoms with Crippen molar-refractivity contribution in [2.45, 2.75) is 90.8 Å². The number of hydrogen-bond donors (Lipinski definition) is 1. The molecule has 5 atom stereocenters. The van der Waals surface area contributed by atoms with Crippen molar-refractivity contribution < 1.29 is 0 Å². The van der Waals surface area contributed by atoms with E-state index >= 15 is 0 Å². The fraction of sp³-hybridized carbons (Fsp3) is 1.00. The van der Waals surface area contributed by atoms with Gasteiger partial charge in [-0.05, 0) is 57.4 Å². The molecule has 0 amide bonds. The van der Waals surface area contributed by atoms with Crippen LogP contribution in [0.2, 0.25) is 0 Å². The Kier molecular flexibility index (Phi) is 6.35. The van der Waals surface area contributed by atoms with Crippen LogP contribution in [-0.4, -0.2) is 36.1 Å². The van der Waals surface area contributed by atoms with Crippen molar-refractivity contribution in [1.82, 2.24) is 10.2 Å². The quantitative estimate of drug-likeness (QED) is 0.817. The van der Waals surface area contributed by atoms with Crippen LogP contribution in [0.15, 0.2) is 0 Å². The molecule has 1 aliphatic carbocycles. The number of nitrogens with zero attached hydrogens (tertiary/aromatic N) is 1. The SMILES string of the molecule is CCCC1CCC(NCC)C(N2CC(C)CCC2C)C1. The van der Waals surface area contributed by atoms with Crippen LogP contribution >= 0.6 is 0 Å². The van der Waals surface area contributed by atoms with Crippen LogP contribution in [-0.2, 0) is 0 Å². The average Bonchev–Trinajstić information content (AvgIpc) is 2.44. The maximum Gasteiger partial charge on any atom is 0.0254 e. The first kappa shape index (κ1) is 16.3. The van der Waals surface area contributed by atoms with Crippen LogP contribution < -0.4 is 5.32 Å². The maximum absolute atomic E-state index is 3.79. The molecule has 1 N–H and O–H groups in total. The van der Waals surface area contributed by atoms with E-state index in [1.54, 1.807) is 0 Å². The van der Waals surface area contributed by atoms with E-state index < -0.39 is 0 Å². The summed E-state index contributed by atoms with van der Waals surface area (Å²) in [5.74, 6) is 1.87. The average molecular weight is 281 g/mol. The lowest BCUT2D eigenvalue weighted by Gasteiger charge is -2.48. The highest BCUT2D eigenvalue weighted by atomic mass is 15.2. The van der Waals surface area contributed by atoms with E-state index in [-0.39, 0.29) is 0 Å². The second kappa shape index (κ2) is 7.79. The molecule has 2 fully saturated rings. The molecule has 0 aromatic rings. The summed E-state index contributed by atoms with van der Waals surface area (Å²) in [5, 5.41) is 3.79. The largest absolute Gasteiger partial charge is 0.313 e. The minimum absolute atomic E-state index is 0.737. The Morgan fingerprint density at radius 1 is 1.05 bits per heavy atom. The molecule has 2 rings (SSSR count). The van der Waals surface area contributed by atoms with Crippen LogP contribution in [0, 0.1) is 11.8 Å². The predicted octanol–water partition coefficient (Wildman–Crippen LogP) is 4.05. The molecule has 20 heavy (non-hydrogen) atoms. The van der Waals surface area contributed by atoms with Gasteiger partial charge < -0.3 is 5.32 Å². The fourth-order valence-corrected chi connectivity index (χ4v) is 4.55. The Balaban J connectivity index is 2.04. The van der Waals surface area contributed by atoms with Crippen molar-refractivity contribution >= 4 is 0 Å². The molecule has 118 valence electrons. The van der Waals surface area contributed by atoms with Crippen LogP contribution in [0.25, 0.3) is 0 Å². The van der Waals surface area contributed by atoms with Gasteiger partial charge in [0.25, 0.3) is 0 Å². The van der Waals surface area contributed by atoms with Crippen molar-refractivity contribution in [2.24, 2.45) is 11.8 Å². The molecule has 2 aliphatic rings. The fourth-order valence-electron chi connectivity index (χ4n) is 4.55. The Morgan fingerprint density at radius 3 is 2.55 bits per heavy atom. The van der Waals surface area contributed by atoms with Crippen molar-refractivity contribution in [3.63, 3.8) is 0 Å². The number of likely N-dealkylation sites (N-methyl/N-ethyl adjacent to an activating group) is 1. The number of rotatable bonds is 5. The molecule has 1 saturated carbocycles. The summed E-state index contributed by atoms with van der Waals surface area (Å²) >= 11 is 0. The number of hydrogen-bond acceptors (Lipinski definition) is 2. The van der Waals surface area contributed by atoms with Crippen molar-refractivity contribution in [3.8, 4) is 0 Å². The van der Waals surface area contributed by atoms with E-state index in [9.17, 15) is 0 Å². The van der Waals surface area contributed by atoms with Gasteiger partial charge >= 0.3 is 0 Å². The van der Waals surface area contributed by atoms with Gasteiger partial charge in [-0.25, -0.2) is 0 Å². The first-order valence-electron chi connectivity index (χ1n) is 9.14. The highest BCUT2D eigenvalue weighted by Gasteiger charge is 2.37. The molecule has 2 nitrogen and oxygen atoms in total. The molecule has 0 aromatic carbocycles. The van der Waals surface area contributed by atoms with Crippen LogP contribution in [0.3, 0.4) is 0 Å². The van der Waals surface area contributed by atoms with Crippen molar-refractivity contribution in [1.29, 1.82) is 0 Å². The molecule has 0 radical (unpaired) electrons. The molecule has 0 spiro atoms. The van der Waals surface area contributed by atoms with Gasteiger partial charge in [-0.1, -0.05) is 33.6 Å². The second-order valence-electron chi connectivity index (χ2n) is 7.43. The highest BCUT2D eigenvalue weighted by Crippen LogP contribution is 2.34. The predicted molar refractivity (Wildman–Crippen MR) is 88.1 cm³/mol. The highest BCUT2D eigenvalue weighted by molar-refractivity contribution is 4.94. The van der Waals surface area contributed by atoms with Crippen molar-refractivity contribution in [3.05, 3.63) is 0 Å². The summed E-state index contributed by atoms with van der Waals surface area (Å²) in [6, 6.07) is 2.32. The first-order valence-corrected chi connectivity index (χ1v) is 9.14. The molecule has 1 heterocycles. The van der Waals surface area contributed by atoms with E-state index in [0.29, 0.717) is 0 Å². The topological polar surface area (TPSA) is 15.3 Å². The molecule has 0 aromatic heterocycles. The summed E-state index contributed by atoms with van der Waals surface area (Å²) < 4.78 is 0. The molecule has 1 saturated heterocycles. The van der Waals surface area contributed by atoms with Crippen LogP contribution in [0.4, 0.5) is 0 Å². The normalized spacial score (nSPS) is 39.9. The first-order chi connectivity index (χ1) is 9.65. The van der Waals surface area contributed by atoms with Gasteiger partial charge in [-0.3, -0.25) is 4.90 Å². The van der Waals surface area contributed by atoms with E-state index in [2.05, 4.69) is 37.9 Å². The Hall–Kier alpha value is -0.0800. The second-order valence-corrected chi connectivity index (χ2v) is 7.43. The van der Waals surface area contributed by atoms with Crippen molar-refractivity contribution in [2.75, 3.05) is 13.1 Å². The minimum atomic E-state index is 0.737. The number of likely N-dealkylation sites (tertiary alicyclic amines) is 1. The maximum atomic E-state index is 3.79. The lowest BCUT2D eigenvalue weighted by atomic mass is 9.78. The number of piperidine rings is 1. The molecule has 0 bridgehead atoms. The molecular weight excluding hydrogens is 244 g/mol. The molecule has 5 unspecified atom stereocenters. The summed E-state index contributed by atoms with van der Waals surface area (Å²) in [4.78, 5) is 2.86. The Morgan fingerprint density at radius 2 is 1.85 bits per heavy atom. The van der Waals surface area contributed by atoms with Gasteiger partial charge in [0.1, 0.15) is 0 Å². The third-order valence-corrected chi connectivity index (χ3v) is 5.68. The zero-order chi connectivity index (χ0) is 14.5. The van der Waals surface area contributed by atoms with Gasteiger partial charge in [0.2, 0.25) is 0 Å². The van der Waals surface area contributed by atoms with Crippen LogP contribution in [0.5, 0.6) is 0 Å². The van der Waals surface area contributed by atoms with Gasteiger partial charge in [-0.2, -0.15) is 0 Å². The zero-order valence-corrected chi connectivity index (χ0v) is 14.2. The molecular formula is C18H36N2. The summed E-state index contributed by atoms with van der Waals surface area (Å²) in [6.45, 7) is 11.9. The zero-order valence-electron chi connectivity index (χ0n) is 14.2. The van der Waals surface area contributed by atoms with Gasteiger partial charge in [-0.15, -0.1) is 0 Å². The third kappa shape index (κ3) is 3.98. The Labute approximate surface area is 126 Å². The lowest BCUT2D eigenvalue weighted by molar-refractivity contribution is 0.0254. The van der Waals surface area contributed by atoms with E-state index in [0.717, 1.165) is 36.5 Å². The van der Waals surface area contributed by atoms with Gasteiger partial charge in [0, 0.05) is 24.7 Å². The summed E-state index contributed by atoms with van der Waals surface area (Å²) in [7, 11) is 0. The monoisotopic (exact) mass is 280 g/mol. The van der Waals surface area contributed by atoms with E-state index in [1.807, 2.05) is 0 Å². The minimum Gasteiger partial charge on any atom is -0.313 e. The molecule has 2 heteroatoms. The van der Waals surface area contributed by atoms with Gasteiger partial charge in [0.15, 0.2) is 0 Å². The third-order valence-electron chi connectivity index (χ3n) is 5.68.